The Morgan fingerprint density at radius 3 is 2.82 bits per heavy atom. The second-order valence-corrected chi connectivity index (χ2v) is 7.25. The lowest BCUT2D eigenvalue weighted by Crippen LogP contribution is -2.39. The SMILES string of the molecule is CC(C)c1nccn1CC1CCN(C(=O)c2cccs2)CC1. The van der Waals surface area contributed by atoms with Gasteiger partial charge in [-0.05, 0) is 30.2 Å². The van der Waals surface area contributed by atoms with Crippen molar-refractivity contribution < 1.29 is 4.79 Å². The van der Waals surface area contributed by atoms with Gasteiger partial charge in [0.1, 0.15) is 5.82 Å². The number of likely N-dealkylation sites (tertiary alicyclic amines) is 1. The summed E-state index contributed by atoms with van der Waals surface area (Å²) in [6.45, 7) is 7.12. The van der Waals surface area contributed by atoms with Gasteiger partial charge in [-0.1, -0.05) is 19.9 Å². The molecular formula is C17H23N3OS. The highest BCUT2D eigenvalue weighted by molar-refractivity contribution is 7.12. The van der Waals surface area contributed by atoms with Gasteiger partial charge < -0.3 is 9.47 Å². The van der Waals surface area contributed by atoms with E-state index in [0.29, 0.717) is 11.8 Å². The van der Waals surface area contributed by atoms with Gasteiger partial charge in [0.05, 0.1) is 4.88 Å². The summed E-state index contributed by atoms with van der Waals surface area (Å²) in [5, 5.41) is 1.96. The Kier molecular flexibility index (Phi) is 4.62. The maximum atomic E-state index is 12.3. The molecule has 0 atom stereocenters. The summed E-state index contributed by atoms with van der Waals surface area (Å²) in [7, 11) is 0. The second kappa shape index (κ2) is 6.65. The first-order valence-electron chi connectivity index (χ1n) is 7.99. The zero-order valence-corrected chi connectivity index (χ0v) is 14.1. The molecule has 118 valence electrons. The molecule has 0 aromatic carbocycles. The summed E-state index contributed by atoms with van der Waals surface area (Å²) < 4.78 is 2.28. The van der Waals surface area contributed by atoms with Crippen molar-refractivity contribution >= 4 is 17.2 Å². The highest BCUT2D eigenvalue weighted by Crippen LogP contribution is 2.23. The first-order valence-corrected chi connectivity index (χ1v) is 8.87. The smallest absolute Gasteiger partial charge is 0.263 e. The predicted octanol–water partition coefficient (Wildman–Crippen LogP) is 3.62. The number of piperidine rings is 1. The molecule has 3 heterocycles. The monoisotopic (exact) mass is 317 g/mol. The predicted molar refractivity (Wildman–Crippen MR) is 89.3 cm³/mol. The average molecular weight is 317 g/mol. The maximum absolute atomic E-state index is 12.3. The van der Waals surface area contributed by atoms with Gasteiger partial charge in [-0.25, -0.2) is 4.98 Å². The van der Waals surface area contributed by atoms with E-state index in [1.165, 1.54) is 11.3 Å². The van der Waals surface area contributed by atoms with Crippen molar-refractivity contribution in [2.75, 3.05) is 13.1 Å². The quantitative estimate of drug-likeness (QED) is 0.864. The van der Waals surface area contributed by atoms with E-state index in [0.717, 1.165) is 43.2 Å². The number of hydrogen-bond donors (Lipinski definition) is 0. The van der Waals surface area contributed by atoms with Gasteiger partial charge in [0.15, 0.2) is 0 Å². The van der Waals surface area contributed by atoms with E-state index in [1.54, 1.807) is 0 Å². The van der Waals surface area contributed by atoms with Crippen LogP contribution in [0.15, 0.2) is 29.9 Å². The van der Waals surface area contributed by atoms with Crippen LogP contribution in [0.1, 0.15) is 48.1 Å². The van der Waals surface area contributed by atoms with Crippen molar-refractivity contribution in [1.29, 1.82) is 0 Å². The molecule has 1 fully saturated rings. The van der Waals surface area contributed by atoms with Crippen LogP contribution >= 0.6 is 11.3 Å². The minimum atomic E-state index is 0.193. The van der Waals surface area contributed by atoms with E-state index in [9.17, 15) is 4.79 Å². The maximum Gasteiger partial charge on any atom is 0.263 e. The molecule has 1 aliphatic heterocycles. The molecule has 4 nitrogen and oxygen atoms in total. The zero-order valence-electron chi connectivity index (χ0n) is 13.2. The van der Waals surface area contributed by atoms with Crippen LogP contribution in [0.5, 0.6) is 0 Å². The Bertz CT molecular complexity index is 610. The number of hydrogen-bond acceptors (Lipinski definition) is 3. The van der Waals surface area contributed by atoms with Crippen LogP contribution in [0.25, 0.3) is 0 Å². The van der Waals surface area contributed by atoms with E-state index in [4.69, 9.17) is 0 Å². The molecule has 0 bridgehead atoms. The number of rotatable bonds is 4. The summed E-state index contributed by atoms with van der Waals surface area (Å²) in [4.78, 5) is 19.7. The fraction of sp³-hybridized carbons (Fsp3) is 0.529. The number of carbonyl (C=O) groups excluding carboxylic acids is 1. The van der Waals surface area contributed by atoms with Crippen LogP contribution in [0, 0.1) is 5.92 Å². The van der Waals surface area contributed by atoms with Gasteiger partial charge in [-0.3, -0.25) is 4.79 Å². The molecule has 1 saturated heterocycles. The van der Waals surface area contributed by atoms with Crippen LogP contribution in [0.4, 0.5) is 0 Å². The third-order valence-corrected chi connectivity index (χ3v) is 5.21. The Labute approximate surface area is 135 Å². The normalized spacial score (nSPS) is 16.4. The largest absolute Gasteiger partial charge is 0.338 e. The number of aromatic nitrogens is 2. The van der Waals surface area contributed by atoms with Gasteiger partial charge in [-0.2, -0.15) is 0 Å². The van der Waals surface area contributed by atoms with Crippen LogP contribution in [0.3, 0.4) is 0 Å². The van der Waals surface area contributed by atoms with Gasteiger partial charge >= 0.3 is 0 Å². The molecule has 2 aromatic heterocycles. The molecule has 0 saturated carbocycles. The summed E-state index contributed by atoms with van der Waals surface area (Å²) in [5.41, 5.74) is 0. The Morgan fingerprint density at radius 2 is 2.18 bits per heavy atom. The molecule has 0 unspecified atom stereocenters. The molecule has 0 radical (unpaired) electrons. The van der Waals surface area contributed by atoms with Crippen LogP contribution in [0.2, 0.25) is 0 Å². The van der Waals surface area contributed by atoms with Gasteiger partial charge in [0.25, 0.3) is 5.91 Å². The molecule has 3 rings (SSSR count). The second-order valence-electron chi connectivity index (χ2n) is 6.31. The van der Waals surface area contributed by atoms with Crippen molar-refractivity contribution in [2.24, 2.45) is 5.92 Å². The molecule has 0 spiro atoms. The van der Waals surface area contributed by atoms with Gasteiger partial charge in [0, 0.05) is 37.9 Å². The Balaban J connectivity index is 1.56. The highest BCUT2D eigenvalue weighted by Gasteiger charge is 2.24. The van der Waals surface area contributed by atoms with E-state index < -0.39 is 0 Å². The van der Waals surface area contributed by atoms with Crippen LogP contribution in [-0.4, -0.2) is 33.4 Å². The highest BCUT2D eigenvalue weighted by atomic mass is 32.1. The Hall–Kier alpha value is -1.62. The number of imidazole rings is 1. The third kappa shape index (κ3) is 3.24. The van der Waals surface area contributed by atoms with Gasteiger partial charge in [0.2, 0.25) is 0 Å². The number of carbonyl (C=O) groups is 1. The summed E-state index contributed by atoms with van der Waals surface area (Å²) in [6, 6.07) is 3.86. The fourth-order valence-corrected chi connectivity index (χ4v) is 3.82. The summed E-state index contributed by atoms with van der Waals surface area (Å²) in [5.74, 6) is 2.45. The third-order valence-electron chi connectivity index (χ3n) is 4.35. The fourth-order valence-electron chi connectivity index (χ4n) is 3.13. The van der Waals surface area contributed by atoms with Crippen molar-refractivity contribution in [3.63, 3.8) is 0 Å². The Morgan fingerprint density at radius 1 is 1.41 bits per heavy atom. The topological polar surface area (TPSA) is 38.1 Å². The standard InChI is InChI=1S/C17H23N3OS/c1-13(2)16-18-7-10-20(16)12-14-5-8-19(9-6-14)17(21)15-4-3-11-22-15/h3-4,7,10-11,13-14H,5-6,8-9,12H2,1-2H3. The van der Waals surface area contributed by atoms with E-state index >= 15 is 0 Å². The zero-order chi connectivity index (χ0) is 15.5. The molecule has 2 aromatic rings. The minimum absolute atomic E-state index is 0.193. The first-order chi connectivity index (χ1) is 10.6. The number of amides is 1. The molecule has 0 aliphatic carbocycles. The number of thiophene rings is 1. The van der Waals surface area contributed by atoms with Crippen molar-refractivity contribution in [3.05, 3.63) is 40.6 Å². The van der Waals surface area contributed by atoms with Crippen LogP contribution in [-0.2, 0) is 6.54 Å². The van der Waals surface area contributed by atoms with E-state index in [2.05, 4.69) is 29.6 Å². The average Bonchev–Trinajstić information content (AvgIpc) is 3.18. The first kappa shape index (κ1) is 15.3. The van der Waals surface area contributed by atoms with Crippen molar-refractivity contribution in [2.45, 2.75) is 39.2 Å². The van der Waals surface area contributed by atoms with Crippen molar-refractivity contribution in [1.82, 2.24) is 14.5 Å². The van der Waals surface area contributed by atoms with Crippen molar-refractivity contribution in [3.8, 4) is 0 Å². The number of nitrogens with zero attached hydrogens (tertiary/aromatic N) is 3. The molecule has 1 aliphatic rings. The van der Waals surface area contributed by atoms with Crippen LogP contribution < -0.4 is 0 Å². The van der Waals surface area contributed by atoms with Gasteiger partial charge in [-0.15, -0.1) is 11.3 Å². The lowest BCUT2D eigenvalue weighted by molar-refractivity contribution is 0.0687. The molecular weight excluding hydrogens is 294 g/mol. The molecule has 0 N–H and O–H groups in total. The van der Waals surface area contributed by atoms with E-state index in [-0.39, 0.29) is 5.91 Å². The molecule has 1 amide bonds. The molecule has 22 heavy (non-hydrogen) atoms. The lowest BCUT2D eigenvalue weighted by atomic mass is 9.96. The minimum Gasteiger partial charge on any atom is -0.338 e. The van der Waals surface area contributed by atoms with E-state index in [1.807, 2.05) is 28.6 Å². The molecule has 5 heteroatoms. The lowest BCUT2D eigenvalue weighted by Gasteiger charge is -2.32. The summed E-state index contributed by atoms with van der Waals surface area (Å²) in [6.07, 6.45) is 6.13. The summed E-state index contributed by atoms with van der Waals surface area (Å²) >= 11 is 1.53.